The molecule has 0 spiro atoms. The number of amides is 2. The number of carbonyl (C=O) groups excluding carboxylic acids is 1. The highest BCUT2D eigenvalue weighted by atomic mass is 16.2. The van der Waals surface area contributed by atoms with Crippen molar-refractivity contribution in [3.05, 3.63) is 35.4 Å². The largest absolute Gasteiger partial charge is 0.336 e. The second kappa shape index (κ2) is 5.59. The molecule has 1 saturated heterocycles. The van der Waals surface area contributed by atoms with E-state index in [1.807, 2.05) is 12.1 Å². The Balaban J connectivity index is 1.95. The maximum atomic E-state index is 11.3. The van der Waals surface area contributed by atoms with Gasteiger partial charge in [-0.1, -0.05) is 37.8 Å². The zero-order valence-electron chi connectivity index (χ0n) is 10.9. The van der Waals surface area contributed by atoms with Gasteiger partial charge in [-0.25, -0.2) is 4.79 Å². The number of benzene rings is 1. The van der Waals surface area contributed by atoms with Crippen LogP contribution in [0.1, 0.15) is 30.9 Å². The Morgan fingerprint density at radius 2 is 2.06 bits per heavy atom. The zero-order chi connectivity index (χ0) is 13.0. The van der Waals surface area contributed by atoms with E-state index in [9.17, 15) is 4.79 Å². The standard InChI is InChI=1S/C15H18N2O/c1-12(2)14-7-5-13(6-8-14)4-3-10-17-11-9-16-15(17)18/h5-8,12H,9-11H2,1-2H3,(H,16,18). The summed E-state index contributed by atoms with van der Waals surface area (Å²) in [4.78, 5) is 13.0. The molecule has 2 amide bonds. The van der Waals surface area contributed by atoms with E-state index in [0.29, 0.717) is 12.5 Å². The van der Waals surface area contributed by atoms with Crippen LogP contribution in [-0.4, -0.2) is 30.6 Å². The Kier molecular flexibility index (Phi) is 3.88. The van der Waals surface area contributed by atoms with E-state index in [2.05, 4.69) is 43.1 Å². The first-order chi connectivity index (χ1) is 8.66. The highest BCUT2D eigenvalue weighted by Crippen LogP contribution is 2.14. The minimum Gasteiger partial charge on any atom is -0.336 e. The summed E-state index contributed by atoms with van der Waals surface area (Å²) >= 11 is 0. The normalized spacial score (nSPS) is 14.4. The summed E-state index contributed by atoms with van der Waals surface area (Å²) in [6.07, 6.45) is 0. The molecule has 3 nitrogen and oxygen atoms in total. The molecule has 3 heteroatoms. The Hall–Kier alpha value is -1.95. The van der Waals surface area contributed by atoms with Gasteiger partial charge in [0.15, 0.2) is 0 Å². The SMILES string of the molecule is CC(C)c1ccc(C#CCN2CCNC2=O)cc1. The van der Waals surface area contributed by atoms with Crippen molar-refractivity contribution in [1.29, 1.82) is 0 Å². The number of rotatable bonds is 2. The quantitative estimate of drug-likeness (QED) is 0.792. The number of nitrogens with one attached hydrogen (secondary N) is 1. The Morgan fingerprint density at radius 3 is 2.61 bits per heavy atom. The van der Waals surface area contributed by atoms with E-state index in [-0.39, 0.29) is 6.03 Å². The van der Waals surface area contributed by atoms with Crippen LogP contribution in [-0.2, 0) is 0 Å². The lowest BCUT2D eigenvalue weighted by Crippen LogP contribution is -2.28. The van der Waals surface area contributed by atoms with Crippen LogP contribution in [0.4, 0.5) is 4.79 Å². The first kappa shape index (κ1) is 12.5. The van der Waals surface area contributed by atoms with Gasteiger partial charge in [0.25, 0.3) is 0 Å². The van der Waals surface area contributed by atoms with E-state index in [4.69, 9.17) is 0 Å². The number of hydrogen-bond acceptors (Lipinski definition) is 1. The highest BCUT2D eigenvalue weighted by molar-refractivity contribution is 5.76. The van der Waals surface area contributed by atoms with Crippen molar-refractivity contribution in [1.82, 2.24) is 10.2 Å². The fraction of sp³-hybridized carbons (Fsp3) is 0.400. The number of urea groups is 1. The lowest BCUT2D eigenvalue weighted by molar-refractivity contribution is 0.222. The molecule has 0 saturated carbocycles. The molecule has 1 aromatic carbocycles. The number of carbonyl (C=O) groups is 1. The summed E-state index contributed by atoms with van der Waals surface area (Å²) in [5.41, 5.74) is 2.32. The first-order valence-electron chi connectivity index (χ1n) is 6.28. The van der Waals surface area contributed by atoms with Crippen molar-refractivity contribution in [3.8, 4) is 11.8 Å². The average Bonchev–Trinajstić information content (AvgIpc) is 2.76. The summed E-state index contributed by atoms with van der Waals surface area (Å²) in [7, 11) is 0. The van der Waals surface area contributed by atoms with Crippen molar-refractivity contribution in [2.75, 3.05) is 19.6 Å². The lowest BCUT2D eigenvalue weighted by atomic mass is 10.0. The Morgan fingerprint density at radius 1 is 1.33 bits per heavy atom. The first-order valence-corrected chi connectivity index (χ1v) is 6.28. The predicted molar refractivity (Wildman–Crippen MR) is 72.4 cm³/mol. The monoisotopic (exact) mass is 242 g/mol. The van der Waals surface area contributed by atoms with Crippen LogP contribution in [0.5, 0.6) is 0 Å². The Bertz CT molecular complexity index is 479. The molecule has 1 aliphatic heterocycles. The molecule has 0 unspecified atom stereocenters. The third kappa shape index (κ3) is 3.04. The highest BCUT2D eigenvalue weighted by Gasteiger charge is 2.17. The minimum atomic E-state index is -0.0144. The topological polar surface area (TPSA) is 32.3 Å². The van der Waals surface area contributed by atoms with Crippen molar-refractivity contribution < 1.29 is 4.79 Å². The molecule has 94 valence electrons. The van der Waals surface area contributed by atoms with Gasteiger partial charge in [-0.05, 0) is 23.6 Å². The number of nitrogens with zero attached hydrogens (tertiary/aromatic N) is 1. The fourth-order valence-corrected chi connectivity index (χ4v) is 1.85. The van der Waals surface area contributed by atoms with E-state index >= 15 is 0 Å². The summed E-state index contributed by atoms with van der Waals surface area (Å²) in [5, 5.41) is 2.76. The molecule has 1 N–H and O–H groups in total. The maximum Gasteiger partial charge on any atom is 0.318 e. The molecule has 0 aromatic heterocycles. The van der Waals surface area contributed by atoms with Crippen molar-refractivity contribution in [3.63, 3.8) is 0 Å². The Labute approximate surface area is 108 Å². The summed E-state index contributed by atoms with van der Waals surface area (Å²) in [5.74, 6) is 6.67. The van der Waals surface area contributed by atoms with Crippen LogP contribution in [0.3, 0.4) is 0 Å². The van der Waals surface area contributed by atoms with E-state index in [1.54, 1.807) is 4.90 Å². The third-order valence-corrected chi connectivity index (χ3v) is 3.03. The van der Waals surface area contributed by atoms with Crippen LogP contribution in [0, 0.1) is 11.8 Å². The molecule has 1 heterocycles. The smallest absolute Gasteiger partial charge is 0.318 e. The van der Waals surface area contributed by atoms with E-state index in [0.717, 1.165) is 18.7 Å². The van der Waals surface area contributed by atoms with Crippen molar-refractivity contribution >= 4 is 6.03 Å². The second-order valence-electron chi connectivity index (χ2n) is 4.73. The maximum absolute atomic E-state index is 11.3. The van der Waals surface area contributed by atoms with Gasteiger partial charge in [-0.3, -0.25) is 0 Å². The average molecular weight is 242 g/mol. The second-order valence-corrected chi connectivity index (χ2v) is 4.73. The molecule has 1 aromatic rings. The molecule has 0 atom stereocenters. The van der Waals surface area contributed by atoms with E-state index in [1.165, 1.54) is 5.56 Å². The van der Waals surface area contributed by atoms with Gasteiger partial charge in [0.05, 0.1) is 6.54 Å². The van der Waals surface area contributed by atoms with Crippen LogP contribution < -0.4 is 5.32 Å². The van der Waals surface area contributed by atoms with Crippen LogP contribution >= 0.6 is 0 Å². The van der Waals surface area contributed by atoms with E-state index < -0.39 is 0 Å². The van der Waals surface area contributed by atoms with Gasteiger partial charge in [0.1, 0.15) is 0 Å². The summed E-state index contributed by atoms with van der Waals surface area (Å²) in [6, 6.07) is 8.27. The molecular weight excluding hydrogens is 224 g/mol. The minimum absolute atomic E-state index is 0.0144. The molecule has 0 bridgehead atoms. The van der Waals surface area contributed by atoms with Crippen LogP contribution in [0.15, 0.2) is 24.3 Å². The van der Waals surface area contributed by atoms with Gasteiger partial charge in [-0.15, -0.1) is 0 Å². The van der Waals surface area contributed by atoms with Crippen molar-refractivity contribution in [2.24, 2.45) is 0 Å². The molecule has 1 fully saturated rings. The predicted octanol–water partition coefficient (Wildman–Crippen LogP) is 2.19. The number of hydrogen-bond donors (Lipinski definition) is 1. The molecule has 1 aliphatic rings. The summed E-state index contributed by atoms with van der Waals surface area (Å²) < 4.78 is 0. The van der Waals surface area contributed by atoms with Gasteiger partial charge in [0.2, 0.25) is 0 Å². The van der Waals surface area contributed by atoms with Crippen LogP contribution in [0.2, 0.25) is 0 Å². The van der Waals surface area contributed by atoms with Gasteiger partial charge in [-0.2, -0.15) is 0 Å². The zero-order valence-corrected chi connectivity index (χ0v) is 10.9. The molecule has 2 rings (SSSR count). The fourth-order valence-electron chi connectivity index (χ4n) is 1.85. The molecule has 18 heavy (non-hydrogen) atoms. The molecular formula is C15H18N2O. The van der Waals surface area contributed by atoms with Gasteiger partial charge < -0.3 is 10.2 Å². The van der Waals surface area contributed by atoms with Crippen molar-refractivity contribution in [2.45, 2.75) is 19.8 Å². The molecule has 0 aliphatic carbocycles. The summed E-state index contributed by atoms with van der Waals surface area (Å²) in [6.45, 7) is 6.32. The van der Waals surface area contributed by atoms with Crippen LogP contribution in [0.25, 0.3) is 0 Å². The lowest BCUT2D eigenvalue weighted by Gasteiger charge is -2.08. The van der Waals surface area contributed by atoms with Gasteiger partial charge >= 0.3 is 6.03 Å². The third-order valence-electron chi connectivity index (χ3n) is 3.03. The molecule has 0 radical (unpaired) electrons. The van der Waals surface area contributed by atoms with Gasteiger partial charge in [0, 0.05) is 18.7 Å².